The van der Waals surface area contributed by atoms with E-state index in [0.29, 0.717) is 12.1 Å². The summed E-state index contributed by atoms with van der Waals surface area (Å²) in [5.41, 5.74) is 1.28. The fraction of sp³-hybridized carbons (Fsp3) is 0.636. The van der Waals surface area contributed by atoms with E-state index in [1.165, 1.54) is 5.56 Å². The third-order valence-electron chi connectivity index (χ3n) is 2.97. The van der Waals surface area contributed by atoms with Crippen LogP contribution < -0.4 is 5.32 Å². The Balaban J connectivity index is 2.00. The predicted molar refractivity (Wildman–Crippen MR) is 56.2 cm³/mol. The van der Waals surface area contributed by atoms with Crippen LogP contribution >= 0.6 is 0 Å². The van der Waals surface area contributed by atoms with Crippen LogP contribution in [-0.4, -0.2) is 30.6 Å². The first-order valence-electron chi connectivity index (χ1n) is 5.27. The van der Waals surface area contributed by atoms with Crippen LogP contribution in [-0.2, 0) is 0 Å². The third-order valence-corrected chi connectivity index (χ3v) is 2.97. The smallest absolute Gasteiger partial charge is 0.0950 e. The molecule has 0 bridgehead atoms. The molecule has 0 amide bonds. The second-order valence-corrected chi connectivity index (χ2v) is 4.08. The zero-order chi connectivity index (χ0) is 9.97. The molecule has 1 aromatic rings. The van der Waals surface area contributed by atoms with Crippen LogP contribution in [0.25, 0.3) is 0 Å². The molecule has 14 heavy (non-hydrogen) atoms. The van der Waals surface area contributed by atoms with Crippen molar-refractivity contribution in [1.82, 2.24) is 10.2 Å². The van der Waals surface area contributed by atoms with Crippen molar-refractivity contribution >= 4 is 0 Å². The van der Waals surface area contributed by atoms with Gasteiger partial charge in [-0.2, -0.15) is 0 Å². The number of furan rings is 1. The minimum atomic E-state index is 0.471. The lowest BCUT2D eigenvalue weighted by Crippen LogP contribution is -2.49. The van der Waals surface area contributed by atoms with Crippen LogP contribution in [0.1, 0.15) is 25.5 Å². The monoisotopic (exact) mass is 194 g/mol. The van der Waals surface area contributed by atoms with Gasteiger partial charge in [0, 0.05) is 37.3 Å². The average molecular weight is 194 g/mol. The molecule has 2 rings (SSSR count). The van der Waals surface area contributed by atoms with Crippen molar-refractivity contribution in [1.29, 1.82) is 0 Å². The highest BCUT2D eigenvalue weighted by atomic mass is 16.3. The number of rotatable bonds is 2. The Morgan fingerprint density at radius 1 is 1.64 bits per heavy atom. The van der Waals surface area contributed by atoms with Crippen molar-refractivity contribution in [3.05, 3.63) is 24.2 Å². The molecule has 0 radical (unpaired) electrons. The van der Waals surface area contributed by atoms with Crippen molar-refractivity contribution in [2.45, 2.75) is 25.9 Å². The second-order valence-electron chi connectivity index (χ2n) is 4.08. The predicted octanol–water partition coefficient (Wildman–Crippen LogP) is 1.63. The Morgan fingerprint density at radius 3 is 3.14 bits per heavy atom. The Labute approximate surface area is 85.1 Å². The Hall–Kier alpha value is -0.800. The molecule has 1 aliphatic rings. The molecule has 3 heteroatoms. The summed E-state index contributed by atoms with van der Waals surface area (Å²) in [6.07, 6.45) is 3.59. The Bertz CT molecular complexity index is 271. The summed E-state index contributed by atoms with van der Waals surface area (Å²) in [5.74, 6) is 0. The van der Waals surface area contributed by atoms with E-state index in [2.05, 4.69) is 30.1 Å². The zero-order valence-electron chi connectivity index (χ0n) is 8.86. The van der Waals surface area contributed by atoms with Gasteiger partial charge in [-0.05, 0) is 19.9 Å². The Morgan fingerprint density at radius 2 is 2.50 bits per heavy atom. The summed E-state index contributed by atoms with van der Waals surface area (Å²) < 4.78 is 5.11. The molecule has 0 saturated carbocycles. The van der Waals surface area contributed by atoms with Gasteiger partial charge in [0.2, 0.25) is 0 Å². The SMILES string of the molecule is CC1CN(C(C)c2ccoc2)CCN1. The minimum absolute atomic E-state index is 0.471. The van der Waals surface area contributed by atoms with E-state index in [9.17, 15) is 0 Å². The lowest BCUT2D eigenvalue weighted by molar-refractivity contribution is 0.158. The van der Waals surface area contributed by atoms with Crippen LogP contribution in [0.15, 0.2) is 23.0 Å². The summed E-state index contributed by atoms with van der Waals surface area (Å²) in [6, 6.07) is 3.12. The highest BCUT2D eigenvalue weighted by Crippen LogP contribution is 2.21. The molecule has 2 unspecified atom stereocenters. The minimum Gasteiger partial charge on any atom is -0.472 e. The molecule has 2 heterocycles. The van der Waals surface area contributed by atoms with Gasteiger partial charge in [0.1, 0.15) is 0 Å². The van der Waals surface area contributed by atoms with Crippen LogP contribution in [0.4, 0.5) is 0 Å². The molecule has 0 aromatic carbocycles. The summed E-state index contributed by atoms with van der Waals surface area (Å²) >= 11 is 0. The van der Waals surface area contributed by atoms with Gasteiger partial charge in [-0.1, -0.05) is 0 Å². The van der Waals surface area contributed by atoms with Crippen molar-refractivity contribution < 1.29 is 4.42 Å². The molecular weight excluding hydrogens is 176 g/mol. The van der Waals surface area contributed by atoms with Crippen LogP contribution in [0.5, 0.6) is 0 Å². The van der Waals surface area contributed by atoms with Crippen LogP contribution in [0, 0.1) is 0 Å². The molecule has 0 spiro atoms. The van der Waals surface area contributed by atoms with Gasteiger partial charge in [-0.25, -0.2) is 0 Å². The van der Waals surface area contributed by atoms with Crippen LogP contribution in [0.2, 0.25) is 0 Å². The maximum absolute atomic E-state index is 5.11. The number of hydrogen-bond acceptors (Lipinski definition) is 3. The molecule has 1 saturated heterocycles. The molecule has 1 N–H and O–H groups in total. The van der Waals surface area contributed by atoms with Gasteiger partial charge in [0.15, 0.2) is 0 Å². The van der Waals surface area contributed by atoms with Crippen molar-refractivity contribution in [3.8, 4) is 0 Å². The topological polar surface area (TPSA) is 28.4 Å². The lowest BCUT2D eigenvalue weighted by Gasteiger charge is -2.35. The van der Waals surface area contributed by atoms with Gasteiger partial charge in [-0.3, -0.25) is 4.90 Å². The quantitative estimate of drug-likeness (QED) is 0.775. The summed E-state index contributed by atoms with van der Waals surface area (Å²) in [5, 5.41) is 3.45. The Kier molecular flexibility index (Phi) is 2.89. The fourth-order valence-corrected chi connectivity index (χ4v) is 2.04. The van der Waals surface area contributed by atoms with Crippen molar-refractivity contribution in [2.75, 3.05) is 19.6 Å². The van der Waals surface area contributed by atoms with Crippen LogP contribution in [0.3, 0.4) is 0 Å². The maximum Gasteiger partial charge on any atom is 0.0950 e. The number of nitrogens with one attached hydrogen (secondary N) is 1. The first-order chi connectivity index (χ1) is 6.77. The van der Waals surface area contributed by atoms with Crippen molar-refractivity contribution in [3.63, 3.8) is 0 Å². The molecule has 2 atom stereocenters. The van der Waals surface area contributed by atoms with E-state index in [1.54, 1.807) is 6.26 Å². The third kappa shape index (κ3) is 1.99. The highest BCUT2D eigenvalue weighted by molar-refractivity contribution is 5.11. The van der Waals surface area contributed by atoms with Gasteiger partial charge in [-0.15, -0.1) is 0 Å². The molecule has 1 aliphatic heterocycles. The largest absolute Gasteiger partial charge is 0.472 e. The molecule has 0 aliphatic carbocycles. The van der Waals surface area contributed by atoms with Gasteiger partial charge >= 0.3 is 0 Å². The average Bonchev–Trinajstić information content (AvgIpc) is 2.69. The normalized spacial score (nSPS) is 26.3. The molecule has 3 nitrogen and oxygen atoms in total. The van der Waals surface area contributed by atoms with E-state index in [4.69, 9.17) is 4.42 Å². The number of hydrogen-bond donors (Lipinski definition) is 1. The molecule has 78 valence electrons. The first-order valence-corrected chi connectivity index (χ1v) is 5.27. The molecular formula is C11H18N2O. The van der Waals surface area contributed by atoms with E-state index in [0.717, 1.165) is 19.6 Å². The number of nitrogens with zero attached hydrogens (tertiary/aromatic N) is 1. The fourth-order valence-electron chi connectivity index (χ4n) is 2.04. The van der Waals surface area contributed by atoms with Crippen molar-refractivity contribution in [2.24, 2.45) is 0 Å². The summed E-state index contributed by atoms with van der Waals surface area (Å²) in [6.45, 7) is 7.80. The second kappa shape index (κ2) is 4.15. The van der Waals surface area contributed by atoms with Gasteiger partial charge in [0.25, 0.3) is 0 Å². The maximum atomic E-state index is 5.11. The highest BCUT2D eigenvalue weighted by Gasteiger charge is 2.21. The molecule has 1 fully saturated rings. The summed E-state index contributed by atoms with van der Waals surface area (Å²) in [4.78, 5) is 2.49. The summed E-state index contributed by atoms with van der Waals surface area (Å²) in [7, 11) is 0. The van der Waals surface area contributed by atoms with E-state index >= 15 is 0 Å². The zero-order valence-corrected chi connectivity index (χ0v) is 8.86. The number of piperazine rings is 1. The van der Waals surface area contributed by atoms with Gasteiger partial charge in [0.05, 0.1) is 12.5 Å². The van der Waals surface area contributed by atoms with E-state index < -0.39 is 0 Å². The van der Waals surface area contributed by atoms with E-state index in [-0.39, 0.29) is 0 Å². The molecule has 1 aromatic heterocycles. The first kappa shape index (κ1) is 9.74. The van der Waals surface area contributed by atoms with E-state index in [1.807, 2.05) is 6.26 Å². The van der Waals surface area contributed by atoms with Gasteiger partial charge < -0.3 is 9.73 Å². The lowest BCUT2D eigenvalue weighted by atomic mass is 10.1. The standard InChI is InChI=1S/C11H18N2O/c1-9-7-13(5-4-12-9)10(2)11-3-6-14-8-11/h3,6,8-10,12H,4-5,7H2,1-2H3.